The molecule has 2 N–H and O–H groups in total. The second kappa shape index (κ2) is 6.29. The number of sulfonamides is 1. The quantitative estimate of drug-likeness (QED) is 0.852. The van der Waals surface area contributed by atoms with Crippen molar-refractivity contribution in [1.29, 1.82) is 0 Å². The molecule has 0 saturated heterocycles. The Bertz CT molecular complexity index is 692. The third kappa shape index (κ3) is 3.53. The van der Waals surface area contributed by atoms with Crippen LogP contribution in [-0.4, -0.2) is 25.7 Å². The first-order valence-electron chi connectivity index (χ1n) is 5.76. The molecule has 0 fully saturated rings. The van der Waals surface area contributed by atoms with Crippen LogP contribution in [0.15, 0.2) is 45.9 Å². The van der Waals surface area contributed by atoms with Gasteiger partial charge in [0.15, 0.2) is 5.82 Å². The minimum Gasteiger partial charge on any atom is -0.316 e. The number of benzene rings is 1. The molecule has 20 heavy (non-hydrogen) atoms. The number of halogens is 1. The average Bonchev–Trinajstić information content (AvgIpc) is 2.42. The fourth-order valence-electron chi connectivity index (χ4n) is 1.62. The van der Waals surface area contributed by atoms with Crippen LogP contribution in [0.25, 0.3) is 0 Å². The highest BCUT2D eigenvalue weighted by molar-refractivity contribution is 9.10. The fourth-order valence-corrected chi connectivity index (χ4v) is 3.63. The maximum absolute atomic E-state index is 12.3. The molecule has 0 atom stereocenters. The molecule has 0 bridgehead atoms. The van der Waals surface area contributed by atoms with Crippen LogP contribution in [0.4, 0.5) is 5.82 Å². The summed E-state index contributed by atoms with van der Waals surface area (Å²) >= 11 is 3.26. The van der Waals surface area contributed by atoms with Gasteiger partial charge in [-0.3, -0.25) is 4.72 Å². The van der Waals surface area contributed by atoms with Gasteiger partial charge in [0.2, 0.25) is 0 Å². The lowest BCUT2D eigenvalue weighted by Gasteiger charge is -2.10. The van der Waals surface area contributed by atoms with E-state index in [4.69, 9.17) is 0 Å². The van der Waals surface area contributed by atoms with Gasteiger partial charge in [-0.2, -0.15) is 5.10 Å². The van der Waals surface area contributed by atoms with Gasteiger partial charge < -0.3 is 5.32 Å². The SMILES string of the molecule is CNCc1ccc(Br)c(S(=O)(=O)Nc2cccnn2)c1. The monoisotopic (exact) mass is 356 g/mol. The van der Waals surface area contributed by atoms with Gasteiger partial charge in [0.1, 0.15) is 4.90 Å². The van der Waals surface area contributed by atoms with Crippen molar-refractivity contribution >= 4 is 31.8 Å². The molecule has 2 rings (SSSR count). The van der Waals surface area contributed by atoms with Crippen molar-refractivity contribution in [3.8, 4) is 0 Å². The van der Waals surface area contributed by atoms with E-state index in [2.05, 4.69) is 36.2 Å². The van der Waals surface area contributed by atoms with Crippen LogP contribution in [0.2, 0.25) is 0 Å². The highest BCUT2D eigenvalue weighted by atomic mass is 79.9. The molecule has 1 aromatic heterocycles. The van der Waals surface area contributed by atoms with Crippen LogP contribution < -0.4 is 10.0 Å². The van der Waals surface area contributed by atoms with Crippen LogP contribution in [0.3, 0.4) is 0 Å². The van der Waals surface area contributed by atoms with E-state index in [0.717, 1.165) is 5.56 Å². The number of nitrogens with one attached hydrogen (secondary N) is 2. The smallest absolute Gasteiger partial charge is 0.264 e. The first-order valence-corrected chi connectivity index (χ1v) is 8.04. The molecular formula is C12H13BrN4O2S. The molecule has 8 heteroatoms. The van der Waals surface area contributed by atoms with E-state index in [0.29, 0.717) is 11.0 Å². The van der Waals surface area contributed by atoms with Crippen molar-refractivity contribution in [3.05, 3.63) is 46.6 Å². The van der Waals surface area contributed by atoms with Crippen LogP contribution in [0.5, 0.6) is 0 Å². The Balaban J connectivity index is 2.36. The van der Waals surface area contributed by atoms with Gasteiger partial charge in [0, 0.05) is 17.2 Å². The molecule has 1 heterocycles. The zero-order valence-corrected chi connectivity index (χ0v) is 13.1. The second-order valence-corrected chi connectivity index (χ2v) is 6.51. The van der Waals surface area contributed by atoms with Crippen molar-refractivity contribution in [1.82, 2.24) is 15.5 Å². The van der Waals surface area contributed by atoms with E-state index in [9.17, 15) is 8.42 Å². The lowest BCUT2D eigenvalue weighted by atomic mass is 10.2. The molecule has 0 saturated carbocycles. The van der Waals surface area contributed by atoms with E-state index >= 15 is 0 Å². The molecular weight excluding hydrogens is 344 g/mol. The van der Waals surface area contributed by atoms with Gasteiger partial charge in [0.25, 0.3) is 10.0 Å². The maximum atomic E-state index is 12.3. The van der Waals surface area contributed by atoms with Gasteiger partial charge >= 0.3 is 0 Å². The molecule has 1 aromatic carbocycles. The lowest BCUT2D eigenvalue weighted by molar-refractivity contribution is 0.600. The molecule has 0 radical (unpaired) electrons. The minimum absolute atomic E-state index is 0.163. The summed E-state index contributed by atoms with van der Waals surface area (Å²) in [6.07, 6.45) is 1.47. The largest absolute Gasteiger partial charge is 0.316 e. The summed E-state index contributed by atoms with van der Waals surface area (Å²) < 4.78 is 27.6. The first kappa shape index (κ1) is 14.9. The Morgan fingerprint density at radius 2 is 2.10 bits per heavy atom. The standard InChI is InChI=1S/C12H13BrN4O2S/c1-14-8-9-4-5-10(13)11(7-9)20(18,19)17-12-3-2-6-15-16-12/h2-7,14H,8H2,1H3,(H,16,17). The van der Waals surface area contributed by atoms with Crippen molar-refractivity contribution < 1.29 is 8.42 Å². The normalized spacial score (nSPS) is 11.3. The summed E-state index contributed by atoms with van der Waals surface area (Å²) in [5, 5.41) is 10.3. The van der Waals surface area contributed by atoms with E-state index in [1.807, 2.05) is 6.07 Å². The second-order valence-electron chi connectivity index (χ2n) is 4.01. The Labute approximate surface area is 125 Å². The van der Waals surface area contributed by atoms with Crippen LogP contribution in [-0.2, 0) is 16.6 Å². The Morgan fingerprint density at radius 3 is 2.75 bits per heavy atom. The van der Waals surface area contributed by atoms with Crippen LogP contribution in [0, 0.1) is 0 Å². The minimum atomic E-state index is -3.71. The highest BCUT2D eigenvalue weighted by Crippen LogP contribution is 2.24. The zero-order chi connectivity index (χ0) is 14.6. The topological polar surface area (TPSA) is 84.0 Å². The zero-order valence-electron chi connectivity index (χ0n) is 10.7. The molecule has 106 valence electrons. The van der Waals surface area contributed by atoms with Gasteiger partial charge in [-0.05, 0) is 52.8 Å². The summed E-state index contributed by atoms with van der Waals surface area (Å²) in [6, 6.07) is 8.31. The maximum Gasteiger partial charge on any atom is 0.264 e. The number of hydrogen-bond acceptors (Lipinski definition) is 5. The van der Waals surface area contributed by atoms with Crippen molar-refractivity contribution in [2.24, 2.45) is 0 Å². The number of hydrogen-bond donors (Lipinski definition) is 2. The molecule has 0 amide bonds. The Morgan fingerprint density at radius 1 is 1.30 bits per heavy atom. The predicted molar refractivity (Wildman–Crippen MR) is 79.7 cm³/mol. The van der Waals surface area contributed by atoms with E-state index in [1.165, 1.54) is 12.3 Å². The summed E-state index contributed by atoms with van der Waals surface area (Å²) in [5.41, 5.74) is 0.871. The number of anilines is 1. The Hall–Kier alpha value is -1.51. The summed E-state index contributed by atoms with van der Waals surface area (Å²) in [6.45, 7) is 0.584. The molecule has 0 aliphatic rings. The summed E-state index contributed by atoms with van der Waals surface area (Å²) in [4.78, 5) is 0.163. The fraction of sp³-hybridized carbons (Fsp3) is 0.167. The Kier molecular flexibility index (Phi) is 4.69. The van der Waals surface area contributed by atoms with Gasteiger partial charge in [-0.15, -0.1) is 5.10 Å². The average molecular weight is 357 g/mol. The summed E-state index contributed by atoms with van der Waals surface area (Å²) in [7, 11) is -1.91. The van der Waals surface area contributed by atoms with E-state index < -0.39 is 10.0 Å². The number of rotatable bonds is 5. The predicted octanol–water partition coefficient (Wildman–Crippen LogP) is 1.76. The number of nitrogens with zero attached hydrogens (tertiary/aromatic N) is 2. The molecule has 2 aromatic rings. The third-order valence-electron chi connectivity index (χ3n) is 2.48. The molecule has 0 spiro atoms. The molecule has 6 nitrogen and oxygen atoms in total. The van der Waals surface area contributed by atoms with Gasteiger partial charge in [-0.25, -0.2) is 8.42 Å². The van der Waals surface area contributed by atoms with Gasteiger partial charge in [0.05, 0.1) is 0 Å². The van der Waals surface area contributed by atoms with Gasteiger partial charge in [-0.1, -0.05) is 6.07 Å². The van der Waals surface area contributed by atoms with E-state index in [-0.39, 0.29) is 10.7 Å². The molecule has 0 aliphatic carbocycles. The van der Waals surface area contributed by atoms with Crippen LogP contribution >= 0.6 is 15.9 Å². The number of aromatic nitrogens is 2. The van der Waals surface area contributed by atoms with Crippen molar-refractivity contribution in [2.45, 2.75) is 11.4 Å². The van der Waals surface area contributed by atoms with Crippen molar-refractivity contribution in [2.75, 3.05) is 11.8 Å². The van der Waals surface area contributed by atoms with Crippen molar-refractivity contribution in [3.63, 3.8) is 0 Å². The molecule has 0 unspecified atom stereocenters. The third-order valence-corrected chi connectivity index (χ3v) is 4.83. The highest BCUT2D eigenvalue weighted by Gasteiger charge is 2.19. The first-order chi connectivity index (χ1) is 9.53. The molecule has 0 aliphatic heterocycles. The van der Waals surface area contributed by atoms with Crippen LogP contribution in [0.1, 0.15) is 5.56 Å². The lowest BCUT2D eigenvalue weighted by Crippen LogP contribution is -2.15. The summed E-state index contributed by atoms with van der Waals surface area (Å²) in [5.74, 6) is 0.179. The van der Waals surface area contributed by atoms with E-state index in [1.54, 1.807) is 25.2 Å².